The van der Waals surface area contributed by atoms with Gasteiger partial charge in [-0.05, 0) is 35.4 Å². The zero-order valence-corrected chi connectivity index (χ0v) is 11.3. The Balaban J connectivity index is 1.74. The zero-order valence-electron chi connectivity index (χ0n) is 9.15. The minimum atomic E-state index is -0.913. The molecule has 2 atom stereocenters. The Morgan fingerprint density at radius 2 is 2.25 bits per heavy atom. The highest BCUT2D eigenvalue weighted by molar-refractivity contribution is 14.1. The maximum Gasteiger partial charge on any atom is 0.186 e. The van der Waals surface area contributed by atoms with E-state index in [9.17, 15) is 5.11 Å². The van der Waals surface area contributed by atoms with Crippen molar-refractivity contribution < 1.29 is 19.3 Å². The number of rotatable bonds is 4. The Kier molecular flexibility index (Phi) is 4.23. The van der Waals surface area contributed by atoms with Crippen LogP contribution in [0.4, 0.5) is 0 Å². The predicted molar refractivity (Wildman–Crippen MR) is 67.1 cm³/mol. The van der Waals surface area contributed by atoms with Crippen LogP contribution in [0, 0.1) is 0 Å². The van der Waals surface area contributed by atoms with Crippen molar-refractivity contribution in [3.8, 4) is 0 Å². The predicted octanol–water partition coefficient (Wildman–Crippen LogP) is 1.96. The summed E-state index contributed by atoms with van der Waals surface area (Å²) < 4.78 is 17.4. The fraction of sp³-hybridized carbons (Fsp3) is 0.818. The topological polar surface area (TPSA) is 47.9 Å². The Morgan fingerprint density at radius 3 is 2.88 bits per heavy atom. The van der Waals surface area contributed by atoms with E-state index in [1.807, 2.05) is 22.6 Å². The summed E-state index contributed by atoms with van der Waals surface area (Å²) in [7, 11) is 0. The summed E-state index contributed by atoms with van der Waals surface area (Å²) in [6.45, 7) is 4.52. The standard InChI is InChI=1S/C11H17IO4/c1-8(12)10(13)14-6-9-7-15-11(16-9)4-2-3-5-11/h9-10,13H,1-7H2. The number of aliphatic hydroxyl groups excluding tert-OH is 1. The smallest absolute Gasteiger partial charge is 0.186 e. The van der Waals surface area contributed by atoms with Crippen LogP contribution in [0.1, 0.15) is 25.7 Å². The molecule has 0 aromatic heterocycles. The van der Waals surface area contributed by atoms with E-state index in [4.69, 9.17) is 14.2 Å². The van der Waals surface area contributed by atoms with Crippen LogP contribution in [0.2, 0.25) is 0 Å². The van der Waals surface area contributed by atoms with Crippen molar-refractivity contribution in [1.29, 1.82) is 0 Å². The summed E-state index contributed by atoms with van der Waals surface area (Å²) in [5, 5.41) is 9.42. The normalized spacial score (nSPS) is 29.8. The molecule has 2 unspecified atom stereocenters. The Hall–Kier alpha value is 0.310. The second-order valence-corrected chi connectivity index (χ2v) is 5.69. The number of hydrogen-bond acceptors (Lipinski definition) is 4. The summed E-state index contributed by atoms with van der Waals surface area (Å²) in [5.41, 5.74) is 0. The Morgan fingerprint density at radius 1 is 1.56 bits per heavy atom. The second kappa shape index (κ2) is 5.30. The highest BCUT2D eigenvalue weighted by Gasteiger charge is 2.43. The van der Waals surface area contributed by atoms with Crippen LogP contribution in [0.25, 0.3) is 0 Å². The summed E-state index contributed by atoms with van der Waals surface area (Å²) in [6.07, 6.45) is 3.31. The molecule has 2 aliphatic rings. The highest BCUT2D eigenvalue weighted by atomic mass is 127. The van der Waals surface area contributed by atoms with Gasteiger partial charge in [0, 0.05) is 16.4 Å². The number of halogens is 1. The van der Waals surface area contributed by atoms with Crippen molar-refractivity contribution in [2.24, 2.45) is 0 Å². The van der Waals surface area contributed by atoms with Gasteiger partial charge in [0.05, 0.1) is 13.2 Å². The molecule has 5 heteroatoms. The molecule has 2 fully saturated rings. The third-order valence-electron chi connectivity index (χ3n) is 2.99. The molecule has 1 N–H and O–H groups in total. The first-order chi connectivity index (χ1) is 7.61. The van der Waals surface area contributed by atoms with E-state index in [2.05, 4.69) is 6.58 Å². The van der Waals surface area contributed by atoms with Crippen molar-refractivity contribution in [2.75, 3.05) is 13.2 Å². The molecule has 92 valence electrons. The first kappa shape index (κ1) is 12.8. The molecule has 0 bridgehead atoms. The van der Waals surface area contributed by atoms with Crippen LogP contribution in [-0.2, 0) is 14.2 Å². The van der Waals surface area contributed by atoms with E-state index in [0.717, 1.165) is 12.8 Å². The van der Waals surface area contributed by atoms with Crippen molar-refractivity contribution in [3.05, 3.63) is 10.2 Å². The van der Waals surface area contributed by atoms with Crippen molar-refractivity contribution >= 4 is 22.6 Å². The summed E-state index contributed by atoms with van der Waals surface area (Å²) in [5.74, 6) is -0.347. The van der Waals surface area contributed by atoms with Crippen molar-refractivity contribution in [3.63, 3.8) is 0 Å². The fourth-order valence-electron chi connectivity index (χ4n) is 2.16. The van der Waals surface area contributed by atoms with Gasteiger partial charge in [-0.3, -0.25) is 0 Å². The third kappa shape index (κ3) is 2.95. The molecule has 4 nitrogen and oxygen atoms in total. The Bertz CT molecular complexity index is 263. The highest BCUT2D eigenvalue weighted by Crippen LogP contribution is 2.39. The molecule has 16 heavy (non-hydrogen) atoms. The monoisotopic (exact) mass is 340 g/mol. The van der Waals surface area contributed by atoms with Crippen LogP contribution in [0.15, 0.2) is 10.2 Å². The van der Waals surface area contributed by atoms with Gasteiger partial charge < -0.3 is 19.3 Å². The summed E-state index contributed by atoms with van der Waals surface area (Å²) in [6, 6.07) is 0. The molecule has 1 aliphatic carbocycles. The summed E-state index contributed by atoms with van der Waals surface area (Å²) >= 11 is 1.95. The van der Waals surface area contributed by atoms with Gasteiger partial charge in [-0.15, -0.1) is 0 Å². The lowest BCUT2D eigenvalue weighted by molar-refractivity contribution is -0.174. The maximum atomic E-state index is 9.42. The van der Waals surface area contributed by atoms with Crippen molar-refractivity contribution in [1.82, 2.24) is 0 Å². The van der Waals surface area contributed by atoms with Crippen LogP contribution < -0.4 is 0 Å². The lowest BCUT2D eigenvalue weighted by atomic mass is 10.2. The third-order valence-corrected chi connectivity index (χ3v) is 3.52. The van der Waals surface area contributed by atoms with Gasteiger partial charge in [0.25, 0.3) is 0 Å². The molecular formula is C11H17IO4. The van der Waals surface area contributed by atoms with E-state index in [-0.39, 0.29) is 11.9 Å². The van der Waals surface area contributed by atoms with Gasteiger partial charge in [0.2, 0.25) is 0 Å². The van der Waals surface area contributed by atoms with E-state index in [1.165, 1.54) is 12.8 Å². The molecule has 1 spiro atoms. The molecule has 0 radical (unpaired) electrons. The van der Waals surface area contributed by atoms with E-state index >= 15 is 0 Å². The van der Waals surface area contributed by atoms with Gasteiger partial charge in [-0.25, -0.2) is 0 Å². The molecule has 2 rings (SSSR count). The Labute approximate surface area is 109 Å². The first-order valence-corrected chi connectivity index (χ1v) is 6.65. The minimum absolute atomic E-state index is 0.0662. The number of aliphatic hydroxyl groups is 1. The molecular weight excluding hydrogens is 323 g/mol. The molecule has 1 saturated carbocycles. The maximum absolute atomic E-state index is 9.42. The molecule has 0 aromatic rings. The van der Waals surface area contributed by atoms with E-state index < -0.39 is 6.29 Å². The lowest BCUT2D eigenvalue weighted by Gasteiger charge is -2.22. The molecule has 1 heterocycles. The molecule has 1 saturated heterocycles. The van der Waals surface area contributed by atoms with E-state index in [0.29, 0.717) is 16.8 Å². The average Bonchev–Trinajstić information content (AvgIpc) is 2.86. The lowest BCUT2D eigenvalue weighted by Crippen LogP contribution is -2.29. The quantitative estimate of drug-likeness (QED) is 0.628. The van der Waals surface area contributed by atoms with Gasteiger partial charge >= 0.3 is 0 Å². The number of hydrogen-bond donors (Lipinski definition) is 1. The van der Waals surface area contributed by atoms with Gasteiger partial charge in [0.1, 0.15) is 6.10 Å². The second-order valence-electron chi connectivity index (χ2n) is 4.30. The van der Waals surface area contributed by atoms with Gasteiger partial charge in [-0.1, -0.05) is 6.58 Å². The molecule has 0 amide bonds. The summed E-state index contributed by atoms with van der Waals surface area (Å²) in [4.78, 5) is 0. The molecule has 0 aromatic carbocycles. The average molecular weight is 340 g/mol. The van der Waals surface area contributed by atoms with Crippen molar-refractivity contribution in [2.45, 2.75) is 43.9 Å². The van der Waals surface area contributed by atoms with Gasteiger partial charge in [0.15, 0.2) is 12.1 Å². The minimum Gasteiger partial charge on any atom is -0.364 e. The largest absolute Gasteiger partial charge is 0.364 e. The van der Waals surface area contributed by atoms with Gasteiger partial charge in [-0.2, -0.15) is 0 Å². The van der Waals surface area contributed by atoms with Crippen LogP contribution >= 0.6 is 22.6 Å². The number of ether oxygens (including phenoxy) is 3. The zero-order chi connectivity index (χ0) is 11.6. The van der Waals surface area contributed by atoms with Crippen LogP contribution in [0.3, 0.4) is 0 Å². The van der Waals surface area contributed by atoms with Crippen LogP contribution in [-0.4, -0.2) is 36.5 Å². The molecule has 1 aliphatic heterocycles. The first-order valence-electron chi connectivity index (χ1n) is 5.57. The van der Waals surface area contributed by atoms with E-state index in [1.54, 1.807) is 0 Å². The fourth-order valence-corrected chi connectivity index (χ4v) is 2.34. The van der Waals surface area contributed by atoms with Crippen LogP contribution in [0.5, 0.6) is 0 Å². The SMILES string of the molecule is C=C(I)C(O)OCC1COC2(CCCC2)O1.